The quantitative estimate of drug-likeness (QED) is 0.723. The number of hydrogen-bond donors (Lipinski definition) is 2. The van der Waals surface area contributed by atoms with E-state index in [0.717, 1.165) is 16.1 Å². The van der Waals surface area contributed by atoms with Gasteiger partial charge < -0.3 is 20.5 Å². The molecule has 0 fully saturated rings. The summed E-state index contributed by atoms with van der Waals surface area (Å²) in [6.07, 6.45) is 3.48. The summed E-state index contributed by atoms with van der Waals surface area (Å²) >= 11 is 1.35. The lowest BCUT2D eigenvalue weighted by Crippen LogP contribution is -2.11. The predicted octanol–water partition coefficient (Wildman–Crippen LogP) is 1.86. The van der Waals surface area contributed by atoms with Gasteiger partial charge in [-0.15, -0.1) is 0 Å². The van der Waals surface area contributed by atoms with Crippen LogP contribution in [0, 0.1) is 0 Å². The number of rotatable bonds is 8. The van der Waals surface area contributed by atoms with E-state index in [1.54, 1.807) is 19.5 Å². The minimum atomic E-state index is 0.531. The molecular weight excluding hydrogens is 276 g/mol. The summed E-state index contributed by atoms with van der Waals surface area (Å²) in [5.41, 5.74) is 7.87. The number of nitrogens with zero attached hydrogens (tertiary/aromatic N) is 2. The Balaban J connectivity index is 1.93. The number of hydrogen-bond acceptors (Lipinski definition) is 7. The van der Waals surface area contributed by atoms with Crippen molar-refractivity contribution < 1.29 is 9.47 Å². The van der Waals surface area contributed by atoms with E-state index < -0.39 is 0 Å². The summed E-state index contributed by atoms with van der Waals surface area (Å²) in [5.74, 6) is 0.531. The molecule has 2 rings (SSSR count). The topological polar surface area (TPSA) is 82.3 Å². The maximum absolute atomic E-state index is 5.93. The minimum Gasteiger partial charge on any atom is -0.382 e. The molecule has 0 atom stereocenters. The molecule has 0 unspecified atom stereocenters. The van der Waals surface area contributed by atoms with Gasteiger partial charge in [0.25, 0.3) is 0 Å². The van der Waals surface area contributed by atoms with Gasteiger partial charge in [0.15, 0.2) is 0 Å². The van der Waals surface area contributed by atoms with Crippen LogP contribution in [0.2, 0.25) is 0 Å². The standard InChI is InChI=1S/C13H18N4O2S/c1-18-8-9-19-7-6-16-13-11(12(14)17-20-13)10-2-4-15-5-3-10/h2-5,16H,6-9H2,1H3,(H2,14,17). The Hall–Kier alpha value is -1.70. The molecule has 108 valence electrons. The molecule has 20 heavy (non-hydrogen) atoms. The van der Waals surface area contributed by atoms with E-state index in [4.69, 9.17) is 15.2 Å². The van der Waals surface area contributed by atoms with E-state index >= 15 is 0 Å². The zero-order valence-corrected chi connectivity index (χ0v) is 12.2. The summed E-state index contributed by atoms with van der Waals surface area (Å²) in [4.78, 5) is 4.01. The van der Waals surface area contributed by atoms with Crippen LogP contribution in [0.15, 0.2) is 24.5 Å². The molecule has 0 aliphatic rings. The first kappa shape index (κ1) is 14.7. The Morgan fingerprint density at radius 2 is 2.05 bits per heavy atom. The molecule has 0 spiro atoms. The molecule has 2 aromatic heterocycles. The monoisotopic (exact) mass is 294 g/mol. The van der Waals surface area contributed by atoms with Crippen molar-refractivity contribution in [2.24, 2.45) is 0 Å². The van der Waals surface area contributed by atoms with Gasteiger partial charge in [-0.2, -0.15) is 4.37 Å². The first-order chi connectivity index (χ1) is 9.83. The van der Waals surface area contributed by atoms with Crippen LogP contribution in [0.4, 0.5) is 10.8 Å². The molecule has 6 nitrogen and oxygen atoms in total. The number of nitrogens with one attached hydrogen (secondary N) is 1. The van der Waals surface area contributed by atoms with Crippen molar-refractivity contribution in [1.29, 1.82) is 0 Å². The van der Waals surface area contributed by atoms with Gasteiger partial charge in [-0.3, -0.25) is 4.98 Å². The lowest BCUT2D eigenvalue weighted by molar-refractivity contribution is 0.0759. The van der Waals surface area contributed by atoms with Crippen LogP contribution >= 0.6 is 11.5 Å². The average Bonchev–Trinajstić information content (AvgIpc) is 2.84. The van der Waals surface area contributed by atoms with Gasteiger partial charge >= 0.3 is 0 Å². The first-order valence-corrected chi connectivity index (χ1v) is 7.06. The van der Waals surface area contributed by atoms with Gasteiger partial charge in [0.05, 0.1) is 25.4 Å². The molecule has 0 aliphatic heterocycles. The molecule has 0 saturated heterocycles. The zero-order chi connectivity index (χ0) is 14.2. The second-order valence-electron chi connectivity index (χ2n) is 4.04. The summed E-state index contributed by atoms with van der Waals surface area (Å²) < 4.78 is 14.5. The summed E-state index contributed by atoms with van der Waals surface area (Å²) in [6, 6.07) is 3.83. The van der Waals surface area contributed by atoms with Crippen LogP contribution in [0.1, 0.15) is 0 Å². The summed E-state index contributed by atoms with van der Waals surface area (Å²) in [7, 11) is 1.66. The maximum Gasteiger partial charge on any atom is 0.147 e. The van der Waals surface area contributed by atoms with Crippen LogP contribution in [0.25, 0.3) is 11.1 Å². The Bertz CT molecular complexity index is 518. The molecule has 0 aliphatic carbocycles. The van der Waals surface area contributed by atoms with Crippen molar-refractivity contribution in [1.82, 2.24) is 9.36 Å². The van der Waals surface area contributed by atoms with Gasteiger partial charge in [-0.25, -0.2) is 0 Å². The summed E-state index contributed by atoms with van der Waals surface area (Å²) in [6.45, 7) is 2.51. The second kappa shape index (κ2) is 7.78. The molecule has 0 saturated carbocycles. The van der Waals surface area contributed by atoms with Crippen molar-refractivity contribution in [3.63, 3.8) is 0 Å². The lowest BCUT2D eigenvalue weighted by Gasteiger charge is -2.07. The second-order valence-corrected chi connectivity index (χ2v) is 4.81. The third-order valence-corrected chi connectivity index (χ3v) is 3.47. The van der Waals surface area contributed by atoms with Gasteiger partial charge in [0.2, 0.25) is 0 Å². The number of nitrogen functional groups attached to an aromatic ring is 1. The first-order valence-electron chi connectivity index (χ1n) is 6.29. The number of nitrogens with two attached hydrogens (primary N) is 1. The number of pyridine rings is 1. The zero-order valence-electron chi connectivity index (χ0n) is 11.3. The lowest BCUT2D eigenvalue weighted by atomic mass is 10.1. The highest BCUT2D eigenvalue weighted by Gasteiger charge is 2.12. The predicted molar refractivity (Wildman–Crippen MR) is 80.9 cm³/mol. The highest BCUT2D eigenvalue weighted by atomic mass is 32.1. The van der Waals surface area contributed by atoms with Crippen LogP contribution in [-0.2, 0) is 9.47 Å². The van der Waals surface area contributed by atoms with Gasteiger partial charge in [0, 0.05) is 26.0 Å². The number of methoxy groups -OCH3 is 1. The van der Waals surface area contributed by atoms with Gasteiger partial charge in [0.1, 0.15) is 10.8 Å². The van der Waals surface area contributed by atoms with E-state index in [1.807, 2.05) is 12.1 Å². The molecular formula is C13H18N4O2S. The molecule has 3 N–H and O–H groups in total. The SMILES string of the molecule is COCCOCCNc1snc(N)c1-c1ccncc1. The van der Waals surface area contributed by atoms with Crippen molar-refractivity contribution in [2.75, 3.05) is 44.5 Å². The fourth-order valence-electron chi connectivity index (χ4n) is 1.70. The minimum absolute atomic E-state index is 0.531. The molecule has 0 aromatic carbocycles. The maximum atomic E-state index is 5.93. The van der Waals surface area contributed by atoms with Crippen LogP contribution in [0.5, 0.6) is 0 Å². The number of anilines is 2. The average molecular weight is 294 g/mol. The Labute approximate surface area is 122 Å². The Morgan fingerprint density at radius 3 is 2.80 bits per heavy atom. The summed E-state index contributed by atoms with van der Waals surface area (Å²) in [5, 5.41) is 4.25. The fraction of sp³-hybridized carbons (Fsp3) is 0.385. The Morgan fingerprint density at radius 1 is 1.25 bits per heavy atom. The van der Waals surface area contributed by atoms with E-state index in [2.05, 4.69) is 14.7 Å². The van der Waals surface area contributed by atoms with Gasteiger partial charge in [-0.05, 0) is 29.2 Å². The third-order valence-electron chi connectivity index (χ3n) is 2.65. The molecule has 2 aromatic rings. The van der Waals surface area contributed by atoms with Crippen LogP contribution in [0.3, 0.4) is 0 Å². The van der Waals surface area contributed by atoms with E-state index in [0.29, 0.717) is 32.2 Å². The fourth-order valence-corrected chi connectivity index (χ4v) is 2.46. The highest BCUT2D eigenvalue weighted by Crippen LogP contribution is 2.36. The molecule has 7 heteroatoms. The van der Waals surface area contributed by atoms with E-state index in [1.165, 1.54) is 11.5 Å². The number of aromatic nitrogens is 2. The van der Waals surface area contributed by atoms with E-state index in [9.17, 15) is 0 Å². The van der Waals surface area contributed by atoms with Crippen molar-refractivity contribution in [2.45, 2.75) is 0 Å². The van der Waals surface area contributed by atoms with Crippen molar-refractivity contribution >= 4 is 22.4 Å². The molecule has 0 bridgehead atoms. The van der Waals surface area contributed by atoms with Crippen LogP contribution < -0.4 is 11.1 Å². The van der Waals surface area contributed by atoms with E-state index in [-0.39, 0.29) is 0 Å². The largest absolute Gasteiger partial charge is 0.382 e. The van der Waals surface area contributed by atoms with Crippen LogP contribution in [-0.4, -0.2) is 42.8 Å². The van der Waals surface area contributed by atoms with Gasteiger partial charge in [-0.1, -0.05) is 0 Å². The highest BCUT2D eigenvalue weighted by molar-refractivity contribution is 7.11. The molecule has 2 heterocycles. The molecule has 0 radical (unpaired) electrons. The third kappa shape index (κ3) is 3.89. The smallest absolute Gasteiger partial charge is 0.147 e. The normalized spacial score (nSPS) is 10.7. The van der Waals surface area contributed by atoms with Crippen molar-refractivity contribution in [3.05, 3.63) is 24.5 Å². The Kier molecular flexibility index (Phi) is 5.72. The molecule has 0 amide bonds. The number of ether oxygens (including phenoxy) is 2. The van der Waals surface area contributed by atoms with Crippen molar-refractivity contribution in [3.8, 4) is 11.1 Å².